The molecule has 1 amide bonds. The van der Waals surface area contributed by atoms with Crippen molar-refractivity contribution in [3.63, 3.8) is 0 Å². The molecule has 0 spiro atoms. The molecule has 1 aromatic heterocycles. The van der Waals surface area contributed by atoms with Gasteiger partial charge < -0.3 is 20.2 Å². The van der Waals surface area contributed by atoms with E-state index in [-0.39, 0.29) is 24.4 Å². The minimum atomic E-state index is -0.685. The third-order valence-corrected chi connectivity index (χ3v) is 5.24. The second-order valence-electron chi connectivity index (χ2n) is 6.90. The minimum absolute atomic E-state index is 0. The van der Waals surface area contributed by atoms with Crippen LogP contribution >= 0.6 is 12.4 Å². The highest BCUT2D eigenvalue weighted by molar-refractivity contribution is 5.97. The number of amides is 1. The van der Waals surface area contributed by atoms with Gasteiger partial charge in [0.15, 0.2) is 0 Å². The molecule has 3 aromatic rings. The molecular weight excluding hydrogens is 392 g/mol. The van der Waals surface area contributed by atoms with E-state index >= 15 is 0 Å². The Balaban J connectivity index is 0.00000240. The summed E-state index contributed by atoms with van der Waals surface area (Å²) in [5, 5.41) is 6.41. The Kier molecular flexibility index (Phi) is 6.20. The lowest BCUT2D eigenvalue weighted by Gasteiger charge is -2.27. The van der Waals surface area contributed by atoms with Crippen molar-refractivity contribution in [1.29, 1.82) is 0 Å². The lowest BCUT2D eigenvalue weighted by molar-refractivity contribution is 0.0949. The van der Waals surface area contributed by atoms with E-state index in [0.717, 1.165) is 13.0 Å². The van der Waals surface area contributed by atoms with Crippen LogP contribution < -0.4 is 21.8 Å². The summed E-state index contributed by atoms with van der Waals surface area (Å²) in [7, 11) is 0. The van der Waals surface area contributed by atoms with Crippen LogP contribution in [0.5, 0.6) is 0 Å². The second kappa shape index (κ2) is 8.63. The normalized spacial score (nSPS) is 15.4. The molecule has 8 heteroatoms. The first-order valence-electron chi connectivity index (χ1n) is 9.44. The predicted octanol–water partition coefficient (Wildman–Crippen LogP) is 1.75. The van der Waals surface area contributed by atoms with E-state index in [1.807, 2.05) is 12.1 Å². The van der Waals surface area contributed by atoms with Crippen LogP contribution in [0.1, 0.15) is 34.5 Å². The Morgan fingerprint density at radius 3 is 2.79 bits per heavy atom. The summed E-state index contributed by atoms with van der Waals surface area (Å²) in [6.45, 7) is 3.54. The van der Waals surface area contributed by atoms with Gasteiger partial charge in [0.05, 0.1) is 11.0 Å². The first-order chi connectivity index (χ1) is 13.6. The van der Waals surface area contributed by atoms with E-state index < -0.39 is 11.1 Å². The van der Waals surface area contributed by atoms with Crippen LogP contribution in [-0.2, 0) is 13.0 Å². The molecule has 2 aromatic carbocycles. The van der Waals surface area contributed by atoms with E-state index in [9.17, 15) is 14.4 Å². The first kappa shape index (κ1) is 20.8. The molecule has 1 aliphatic heterocycles. The summed E-state index contributed by atoms with van der Waals surface area (Å²) in [6.07, 6.45) is 0.984. The van der Waals surface area contributed by atoms with Gasteiger partial charge in [-0.3, -0.25) is 14.4 Å². The van der Waals surface area contributed by atoms with Gasteiger partial charge in [0, 0.05) is 24.7 Å². The number of hydrogen-bond donors (Lipinski definition) is 3. The van der Waals surface area contributed by atoms with E-state index in [0.29, 0.717) is 29.7 Å². The number of halogens is 1. The van der Waals surface area contributed by atoms with Crippen LogP contribution in [0.25, 0.3) is 11.0 Å². The lowest BCUT2D eigenvalue weighted by atomic mass is 9.94. The molecule has 0 saturated carbocycles. The summed E-state index contributed by atoms with van der Waals surface area (Å²) in [6, 6.07) is 13.3. The van der Waals surface area contributed by atoms with E-state index in [1.165, 1.54) is 15.7 Å². The number of H-pyrrole nitrogens is 1. The smallest absolute Gasteiger partial charge is 0.316 e. The molecule has 152 valence electrons. The van der Waals surface area contributed by atoms with Crippen molar-refractivity contribution < 1.29 is 4.79 Å². The van der Waals surface area contributed by atoms with Crippen LogP contribution in [0.4, 0.5) is 0 Å². The summed E-state index contributed by atoms with van der Waals surface area (Å²) in [4.78, 5) is 39.0. The predicted molar refractivity (Wildman–Crippen MR) is 115 cm³/mol. The number of fused-ring (bicyclic) bond motifs is 2. The molecule has 4 rings (SSSR count). The van der Waals surface area contributed by atoms with Gasteiger partial charge in [0.1, 0.15) is 0 Å². The molecule has 1 atom stereocenters. The highest BCUT2D eigenvalue weighted by atomic mass is 35.5. The summed E-state index contributed by atoms with van der Waals surface area (Å²) in [5.41, 5.74) is 2.76. The standard InChI is InChI=1S/C21H22N4O3.ClH/c1-2-25-18-8-7-14(11-16(18)24-20(27)21(25)28)19(26)23-12-17-15-6-4-3-5-13(15)9-10-22-17;/h3-8,11,17,22H,2,9-10,12H2,1H3,(H,23,26)(H,24,27);1H. The van der Waals surface area contributed by atoms with E-state index in [4.69, 9.17) is 0 Å². The maximum atomic E-state index is 12.6. The number of carbonyl (C=O) groups is 1. The quantitative estimate of drug-likeness (QED) is 0.567. The van der Waals surface area contributed by atoms with Crippen molar-refractivity contribution in [2.24, 2.45) is 0 Å². The number of benzene rings is 2. The highest BCUT2D eigenvalue weighted by Crippen LogP contribution is 2.22. The molecule has 1 unspecified atom stereocenters. The van der Waals surface area contributed by atoms with Crippen LogP contribution in [-0.4, -0.2) is 28.5 Å². The van der Waals surface area contributed by atoms with E-state index in [1.54, 1.807) is 25.1 Å². The third kappa shape index (κ3) is 3.97. The van der Waals surface area contributed by atoms with Crippen LogP contribution in [0.3, 0.4) is 0 Å². The van der Waals surface area contributed by atoms with Gasteiger partial charge in [-0.15, -0.1) is 12.4 Å². The maximum absolute atomic E-state index is 12.6. The SMILES string of the molecule is CCn1c(=O)c(=O)[nH]c2cc(C(=O)NCC3NCCc4ccccc43)ccc21.Cl. The van der Waals surface area contributed by atoms with Crippen molar-refractivity contribution in [2.75, 3.05) is 13.1 Å². The molecule has 1 aliphatic rings. The molecular formula is C21H23ClN4O3. The van der Waals surface area contributed by atoms with Crippen LogP contribution in [0.2, 0.25) is 0 Å². The average Bonchev–Trinajstić information content (AvgIpc) is 2.72. The zero-order valence-corrected chi connectivity index (χ0v) is 16.8. The zero-order valence-electron chi connectivity index (χ0n) is 16.0. The van der Waals surface area contributed by atoms with Crippen LogP contribution in [0.15, 0.2) is 52.1 Å². The van der Waals surface area contributed by atoms with Crippen molar-refractivity contribution >= 4 is 29.3 Å². The average molecular weight is 415 g/mol. The number of hydrogen-bond acceptors (Lipinski definition) is 4. The number of nitrogens with one attached hydrogen (secondary N) is 3. The monoisotopic (exact) mass is 414 g/mol. The molecule has 0 saturated heterocycles. The van der Waals surface area contributed by atoms with Gasteiger partial charge in [0.2, 0.25) is 0 Å². The molecule has 0 fully saturated rings. The number of rotatable bonds is 4. The first-order valence-corrected chi connectivity index (χ1v) is 9.44. The second-order valence-corrected chi connectivity index (χ2v) is 6.90. The summed E-state index contributed by atoms with van der Waals surface area (Å²) in [5.74, 6) is -0.221. The highest BCUT2D eigenvalue weighted by Gasteiger charge is 2.20. The Hall–Kier alpha value is -2.90. The number of aryl methyl sites for hydroxylation is 1. The van der Waals surface area contributed by atoms with Gasteiger partial charge in [-0.2, -0.15) is 0 Å². The van der Waals surface area contributed by atoms with Crippen molar-refractivity contribution in [2.45, 2.75) is 25.9 Å². The van der Waals surface area contributed by atoms with Crippen molar-refractivity contribution in [1.82, 2.24) is 20.2 Å². The Bertz CT molecular complexity index is 1170. The van der Waals surface area contributed by atoms with Gasteiger partial charge in [-0.05, 0) is 49.2 Å². The van der Waals surface area contributed by atoms with Gasteiger partial charge >= 0.3 is 11.1 Å². The molecule has 3 N–H and O–H groups in total. The fourth-order valence-electron chi connectivity index (χ4n) is 3.81. The van der Waals surface area contributed by atoms with E-state index in [2.05, 4.69) is 27.8 Å². The van der Waals surface area contributed by atoms with Crippen molar-refractivity contribution in [3.05, 3.63) is 79.9 Å². The number of aromatic nitrogens is 2. The van der Waals surface area contributed by atoms with Crippen LogP contribution in [0, 0.1) is 0 Å². The Labute approximate surface area is 173 Å². The van der Waals surface area contributed by atoms with Gasteiger partial charge in [-0.25, -0.2) is 0 Å². The topological polar surface area (TPSA) is 96.0 Å². The molecule has 29 heavy (non-hydrogen) atoms. The molecule has 0 radical (unpaired) electrons. The number of aromatic amines is 1. The Morgan fingerprint density at radius 2 is 2.00 bits per heavy atom. The molecule has 7 nitrogen and oxygen atoms in total. The van der Waals surface area contributed by atoms with Gasteiger partial charge in [-0.1, -0.05) is 24.3 Å². The Morgan fingerprint density at radius 1 is 1.21 bits per heavy atom. The van der Waals surface area contributed by atoms with Crippen molar-refractivity contribution in [3.8, 4) is 0 Å². The van der Waals surface area contributed by atoms with Gasteiger partial charge in [0.25, 0.3) is 5.91 Å². The fourth-order valence-corrected chi connectivity index (χ4v) is 3.81. The number of carbonyl (C=O) groups excluding carboxylic acids is 1. The summed E-state index contributed by atoms with van der Waals surface area (Å²) >= 11 is 0. The zero-order chi connectivity index (χ0) is 19.7. The minimum Gasteiger partial charge on any atom is -0.350 e. The lowest BCUT2D eigenvalue weighted by Crippen LogP contribution is -2.39. The molecule has 0 bridgehead atoms. The molecule has 2 heterocycles. The third-order valence-electron chi connectivity index (χ3n) is 5.24. The maximum Gasteiger partial charge on any atom is 0.316 e. The fraction of sp³-hybridized carbons (Fsp3) is 0.286. The number of nitrogens with zero attached hydrogens (tertiary/aromatic N) is 1. The summed E-state index contributed by atoms with van der Waals surface area (Å²) < 4.78 is 1.40. The molecule has 0 aliphatic carbocycles. The largest absolute Gasteiger partial charge is 0.350 e.